The van der Waals surface area contributed by atoms with Gasteiger partial charge >= 0.3 is 0 Å². The van der Waals surface area contributed by atoms with Crippen LogP contribution in [0.4, 0.5) is 0 Å². The van der Waals surface area contributed by atoms with Crippen LogP contribution in [0.2, 0.25) is 0 Å². The van der Waals surface area contributed by atoms with Crippen molar-refractivity contribution < 1.29 is 8.42 Å². The largest absolute Gasteiger partial charge is 0.330 e. The molecule has 0 amide bonds. The van der Waals surface area contributed by atoms with E-state index in [1.165, 1.54) is 6.42 Å². The van der Waals surface area contributed by atoms with E-state index < -0.39 is 9.84 Å². The molecule has 3 unspecified atom stereocenters. The highest BCUT2D eigenvalue weighted by Gasteiger charge is 2.35. The summed E-state index contributed by atoms with van der Waals surface area (Å²) in [6.45, 7) is 9.52. The van der Waals surface area contributed by atoms with Crippen molar-refractivity contribution in [1.29, 1.82) is 0 Å². The highest BCUT2D eigenvalue weighted by molar-refractivity contribution is 7.91. The zero-order chi connectivity index (χ0) is 15.4. The lowest BCUT2D eigenvalue weighted by atomic mass is 9.65. The van der Waals surface area contributed by atoms with Gasteiger partial charge in [-0.2, -0.15) is 0 Å². The standard InChI is InChI=1S/C16H33NO2S/c1-5-9-20(18,19)10-8-13-11-15(16(2,3)4)7-6-14(13)12-17/h13-15H,5-12,17H2,1-4H3. The lowest BCUT2D eigenvalue weighted by Gasteiger charge is -2.41. The van der Waals surface area contributed by atoms with E-state index in [0.29, 0.717) is 41.2 Å². The molecule has 3 atom stereocenters. The Morgan fingerprint density at radius 2 is 1.75 bits per heavy atom. The molecule has 0 heterocycles. The monoisotopic (exact) mass is 303 g/mol. The average Bonchev–Trinajstić information content (AvgIpc) is 2.35. The normalized spacial score (nSPS) is 28.6. The number of rotatable bonds is 6. The van der Waals surface area contributed by atoms with Gasteiger partial charge in [-0.05, 0) is 61.8 Å². The van der Waals surface area contributed by atoms with Crippen molar-refractivity contribution in [2.75, 3.05) is 18.1 Å². The lowest BCUT2D eigenvalue weighted by molar-refractivity contribution is 0.0994. The molecule has 0 aromatic carbocycles. The molecule has 4 heteroatoms. The molecule has 20 heavy (non-hydrogen) atoms. The van der Waals surface area contributed by atoms with Crippen LogP contribution in [0.25, 0.3) is 0 Å². The smallest absolute Gasteiger partial charge is 0.150 e. The summed E-state index contributed by atoms with van der Waals surface area (Å²) in [6, 6.07) is 0. The third-order valence-corrected chi connectivity index (χ3v) is 6.87. The molecule has 0 saturated heterocycles. The molecule has 2 N–H and O–H groups in total. The van der Waals surface area contributed by atoms with Crippen molar-refractivity contribution in [2.45, 2.75) is 59.8 Å². The van der Waals surface area contributed by atoms with E-state index in [9.17, 15) is 8.42 Å². The van der Waals surface area contributed by atoms with Gasteiger partial charge in [-0.3, -0.25) is 0 Å². The van der Waals surface area contributed by atoms with Crippen LogP contribution in [0.1, 0.15) is 59.8 Å². The molecule has 0 aromatic rings. The molecule has 3 nitrogen and oxygen atoms in total. The summed E-state index contributed by atoms with van der Waals surface area (Å²) >= 11 is 0. The minimum absolute atomic E-state index is 0.320. The van der Waals surface area contributed by atoms with Crippen LogP contribution >= 0.6 is 0 Å². The maximum Gasteiger partial charge on any atom is 0.150 e. The van der Waals surface area contributed by atoms with Crippen LogP contribution in [-0.4, -0.2) is 26.5 Å². The van der Waals surface area contributed by atoms with E-state index in [1.807, 2.05) is 6.92 Å². The zero-order valence-electron chi connectivity index (χ0n) is 13.7. The Labute approximate surface area is 125 Å². The minimum Gasteiger partial charge on any atom is -0.330 e. The molecule has 0 radical (unpaired) electrons. The maximum atomic E-state index is 11.9. The average molecular weight is 304 g/mol. The quantitative estimate of drug-likeness (QED) is 0.819. The molecule has 0 aromatic heterocycles. The van der Waals surface area contributed by atoms with E-state index >= 15 is 0 Å². The van der Waals surface area contributed by atoms with Crippen LogP contribution in [0.3, 0.4) is 0 Å². The number of hydrogen-bond acceptors (Lipinski definition) is 3. The summed E-state index contributed by atoms with van der Waals surface area (Å²) in [4.78, 5) is 0. The molecule has 1 saturated carbocycles. The molecule has 0 spiro atoms. The van der Waals surface area contributed by atoms with Crippen LogP contribution in [0.15, 0.2) is 0 Å². The topological polar surface area (TPSA) is 60.2 Å². The summed E-state index contributed by atoms with van der Waals surface area (Å²) in [5, 5.41) is 0. The van der Waals surface area contributed by atoms with Gasteiger partial charge < -0.3 is 5.73 Å². The summed E-state index contributed by atoms with van der Waals surface area (Å²) in [6.07, 6.45) is 5.07. The fourth-order valence-electron chi connectivity index (χ4n) is 3.52. The zero-order valence-corrected chi connectivity index (χ0v) is 14.5. The summed E-state index contributed by atoms with van der Waals surface area (Å²) in [7, 11) is -2.86. The van der Waals surface area contributed by atoms with Crippen molar-refractivity contribution in [1.82, 2.24) is 0 Å². The second kappa shape index (κ2) is 7.26. The first-order valence-corrected chi connectivity index (χ1v) is 9.92. The Morgan fingerprint density at radius 3 is 2.25 bits per heavy atom. The van der Waals surface area contributed by atoms with Crippen molar-refractivity contribution in [3.8, 4) is 0 Å². The number of sulfone groups is 1. The Hall–Kier alpha value is -0.0900. The Balaban J connectivity index is 2.64. The SMILES string of the molecule is CCCS(=O)(=O)CCC1CC(C(C)(C)C)CCC1CN. The van der Waals surface area contributed by atoms with Gasteiger partial charge in [-0.25, -0.2) is 8.42 Å². The Kier molecular flexibility index (Phi) is 6.52. The van der Waals surface area contributed by atoms with Crippen LogP contribution in [0.5, 0.6) is 0 Å². The van der Waals surface area contributed by atoms with Gasteiger partial charge in [-0.15, -0.1) is 0 Å². The summed E-state index contributed by atoms with van der Waals surface area (Å²) in [5.41, 5.74) is 6.22. The van der Waals surface area contributed by atoms with Crippen molar-refractivity contribution in [2.24, 2.45) is 28.9 Å². The van der Waals surface area contributed by atoms with Crippen molar-refractivity contribution in [3.05, 3.63) is 0 Å². The predicted molar refractivity (Wildman–Crippen MR) is 86.4 cm³/mol. The third kappa shape index (κ3) is 5.36. The van der Waals surface area contributed by atoms with Gasteiger partial charge in [0.05, 0.1) is 5.75 Å². The second-order valence-corrected chi connectivity index (χ2v) is 9.88. The van der Waals surface area contributed by atoms with Crippen LogP contribution < -0.4 is 5.73 Å². The van der Waals surface area contributed by atoms with Gasteiger partial charge in [0.2, 0.25) is 0 Å². The van der Waals surface area contributed by atoms with Gasteiger partial charge in [0.25, 0.3) is 0 Å². The Morgan fingerprint density at radius 1 is 1.10 bits per heavy atom. The molecule has 1 aliphatic rings. The molecular weight excluding hydrogens is 270 g/mol. The lowest BCUT2D eigenvalue weighted by Crippen LogP contribution is -2.36. The molecule has 1 rings (SSSR count). The molecule has 0 bridgehead atoms. The highest BCUT2D eigenvalue weighted by atomic mass is 32.2. The number of nitrogens with two attached hydrogens (primary N) is 1. The second-order valence-electron chi connectivity index (χ2n) is 7.57. The van der Waals surface area contributed by atoms with Crippen LogP contribution in [-0.2, 0) is 9.84 Å². The van der Waals surface area contributed by atoms with E-state index in [4.69, 9.17) is 5.73 Å². The number of hydrogen-bond donors (Lipinski definition) is 1. The van der Waals surface area contributed by atoms with Crippen LogP contribution in [0, 0.1) is 23.2 Å². The molecule has 1 aliphatic carbocycles. The summed E-state index contributed by atoms with van der Waals surface area (Å²) in [5.74, 6) is 2.38. The first kappa shape index (κ1) is 18.0. The van der Waals surface area contributed by atoms with E-state index in [1.54, 1.807) is 0 Å². The highest BCUT2D eigenvalue weighted by Crippen LogP contribution is 2.43. The van der Waals surface area contributed by atoms with Gasteiger partial charge in [-0.1, -0.05) is 27.7 Å². The predicted octanol–water partition coefficient (Wildman–Crippen LogP) is 3.24. The van der Waals surface area contributed by atoms with Gasteiger partial charge in [0.15, 0.2) is 0 Å². The van der Waals surface area contributed by atoms with E-state index in [2.05, 4.69) is 20.8 Å². The first-order valence-electron chi connectivity index (χ1n) is 8.10. The minimum atomic E-state index is -2.86. The molecule has 1 fully saturated rings. The van der Waals surface area contributed by atoms with Crippen molar-refractivity contribution >= 4 is 9.84 Å². The Bertz CT molecular complexity index is 384. The molecular formula is C16H33NO2S. The molecule has 120 valence electrons. The molecule has 0 aliphatic heterocycles. The first-order chi connectivity index (χ1) is 9.19. The van der Waals surface area contributed by atoms with E-state index in [-0.39, 0.29) is 0 Å². The van der Waals surface area contributed by atoms with Crippen molar-refractivity contribution in [3.63, 3.8) is 0 Å². The summed E-state index contributed by atoms with van der Waals surface area (Å²) < 4.78 is 23.8. The fraction of sp³-hybridized carbons (Fsp3) is 1.00. The third-order valence-electron chi connectivity index (χ3n) is 4.98. The van der Waals surface area contributed by atoms with E-state index in [0.717, 1.165) is 25.7 Å². The van der Waals surface area contributed by atoms with Gasteiger partial charge in [0.1, 0.15) is 9.84 Å². The maximum absolute atomic E-state index is 11.9. The van der Waals surface area contributed by atoms with Gasteiger partial charge in [0, 0.05) is 5.75 Å². The fourth-order valence-corrected chi connectivity index (χ4v) is 5.01.